The summed E-state index contributed by atoms with van der Waals surface area (Å²) in [6, 6.07) is 0.118. The molecule has 3 unspecified atom stereocenters. The molecule has 3 heteroatoms. The van der Waals surface area contributed by atoms with Gasteiger partial charge in [-0.1, -0.05) is 6.42 Å². The van der Waals surface area contributed by atoms with Crippen molar-refractivity contribution in [3.8, 4) is 0 Å². The van der Waals surface area contributed by atoms with Crippen LogP contribution in [-0.2, 0) is 9.59 Å². The monoisotopic (exact) mass is 209 g/mol. The van der Waals surface area contributed by atoms with Gasteiger partial charge in [-0.15, -0.1) is 0 Å². The number of carbonyl (C=O) groups is 2. The summed E-state index contributed by atoms with van der Waals surface area (Å²) in [5.41, 5.74) is 0. The average Bonchev–Trinajstić information content (AvgIpc) is 2.67. The molecule has 1 saturated carbocycles. The number of rotatable bonds is 3. The highest BCUT2D eigenvalue weighted by atomic mass is 16.1. The molecule has 0 spiro atoms. The van der Waals surface area contributed by atoms with E-state index in [0.29, 0.717) is 11.8 Å². The van der Waals surface area contributed by atoms with E-state index in [-0.39, 0.29) is 17.6 Å². The van der Waals surface area contributed by atoms with Crippen LogP contribution in [0.25, 0.3) is 0 Å². The third-order valence-corrected chi connectivity index (χ3v) is 4.03. The van der Waals surface area contributed by atoms with Gasteiger partial charge in [-0.25, -0.2) is 0 Å². The van der Waals surface area contributed by atoms with Crippen molar-refractivity contribution in [1.82, 2.24) is 5.32 Å². The zero-order chi connectivity index (χ0) is 11.0. The van der Waals surface area contributed by atoms with Crippen molar-refractivity contribution in [3.05, 3.63) is 0 Å². The highest BCUT2D eigenvalue weighted by Crippen LogP contribution is 2.40. The molecular formula is C12H19NO2. The van der Waals surface area contributed by atoms with Gasteiger partial charge in [0.2, 0.25) is 0 Å². The van der Waals surface area contributed by atoms with Gasteiger partial charge in [0.15, 0.2) is 0 Å². The Morgan fingerprint density at radius 1 is 1.20 bits per heavy atom. The van der Waals surface area contributed by atoms with Gasteiger partial charge >= 0.3 is 0 Å². The molecule has 1 aliphatic carbocycles. The minimum absolute atomic E-state index is 0.0209. The van der Waals surface area contributed by atoms with Gasteiger partial charge in [0, 0.05) is 6.04 Å². The second kappa shape index (κ2) is 4.05. The number of carbonyl (C=O) groups excluding carboxylic acids is 2. The lowest BCUT2D eigenvalue weighted by atomic mass is 9.82. The fourth-order valence-corrected chi connectivity index (χ4v) is 3.39. The molecule has 0 aromatic carbocycles. The van der Waals surface area contributed by atoms with E-state index < -0.39 is 5.92 Å². The van der Waals surface area contributed by atoms with E-state index in [1.807, 2.05) is 0 Å². The van der Waals surface area contributed by atoms with Crippen molar-refractivity contribution >= 4 is 11.6 Å². The lowest BCUT2D eigenvalue weighted by Crippen LogP contribution is -2.42. The smallest absolute Gasteiger partial charge is 0.141 e. The number of Topliss-reactive ketones (excluding diaryl/α,β-unsaturated/α-hetero) is 2. The predicted octanol–water partition coefficient (Wildman–Crippen LogP) is 1.17. The van der Waals surface area contributed by atoms with Gasteiger partial charge in [0.05, 0.1) is 5.92 Å². The van der Waals surface area contributed by atoms with E-state index in [9.17, 15) is 9.59 Å². The summed E-state index contributed by atoms with van der Waals surface area (Å²) in [5, 5.41) is 3.38. The maximum absolute atomic E-state index is 11.5. The summed E-state index contributed by atoms with van der Waals surface area (Å²) in [7, 11) is 0. The Morgan fingerprint density at radius 3 is 2.47 bits per heavy atom. The molecule has 1 N–H and O–H groups in total. The van der Waals surface area contributed by atoms with Crippen LogP contribution in [0.2, 0.25) is 0 Å². The molecule has 15 heavy (non-hydrogen) atoms. The number of nitrogens with one attached hydrogen (secondary N) is 1. The molecular weight excluding hydrogens is 190 g/mol. The predicted molar refractivity (Wildman–Crippen MR) is 57.5 cm³/mol. The summed E-state index contributed by atoms with van der Waals surface area (Å²) in [4.78, 5) is 23.0. The number of hydrogen-bond acceptors (Lipinski definition) is 3. The topological polar surface area (TPSA) is 46.2 Å². The maximum atomic E-state index is 11.5. The SMILES string of the molecule is CC(=O)C(C(C)=O)C1NCC2CCCC21. The fraction of sp³-hybridized carbons (Fsp3) is 0.833. The van der Waals surface area contributed by atoms with Gasteiger partial charge < -0.3 is 5.32 Å². The minimum atomic E-state index is -0.405. The Kier molecular flexibility index (Phi) is 2.91. The van der Waals surface area contributed by atoms with Gasteiger partial charge in [-0.3, -0.25) is 9.59 Å². The normalized spacial score (nSPS) is 34.5. The second-order valence-corrected chi connectivity index (χ2v) is 4.99. The van der Waals surface area contributed by atoms with Crippen molar-refractivity contribution in [3.63, 3.8) is 0 Å². The minimum Gasteiger partial charge on any atom is -0.312 e. The van der Waals surface area contributed by atoms with Crippen LogP contribution in [0, 0.1) is 17.8 Å². The van der Waals surface area contributed by atoms with E-state index in [1.54, 1.807) is 0 Å². The van der Waals surface area contributed by atoms with Crippen LogP contribution in [0.1, 0.15) is 33.1 Å². The first-order valence-electron chi connectivity index (χ1n) is 5.85. The number of ketones is 2. The molecule has 1 saturated heterocycles. The largest absolute Gasteiger partial charge is 0.312 e. The van der Waals surface area contributed by atoms with Gasteiger partial charge in [0.1, 0.15) is 11.6 Å². The molecule has 3 nitrogen and oxygen atoms in total. The van der Waals surface area contributed by atoms with Crippen molar-refractivity contribution in [2.75, 3.05) is 6.54 Å². The van der Waals surface area contributed by atoms with E-state index in [4.69, 9.17) is 0 Å². The summed E-state index contributed by atoms with van der Waals surface area (Å²) in [6.07, 6.45) is 3.70. The molecule has 1 heterocycles. The Hall–Kier alpha value is -0.700. The lowest BCUT2D eigenvalue weighted by Gasteiger charge is -2.24. The quantitative estimate of drug-likeness (QED) is 0.710. The molecule has 1 aliphatic heterocycles. The average molecular weight is 209 g/mol. The Balaban J connectivity index is 2.14. The molecule has 0 radical (unpaired) electrons. The van der Waals surface area contributed by atoms with Crippen LogP contribution in [0.5, 0.6) is 0 Å². The zero-order valence-corrected chi connectivity index (χ0v) is 9.45. The molecule has 2 aliphatic rings. The van der Waals surface area contributed by atoms with Crippen LogP contribution in [0.3, 0.4) is 0 Å². The molecule has 0 bridgehead atoms. The van der Waals surface area contributed by atoms with Crippen LogP contribution < -0.4 is 5.32 Å². The number of hydrogen-bond donors (Lipinski definition) is 1. The highest BCUT2D eigenvalue weighted by Gasteiger charge is 2.45. The first kappa shape index (κ1) is 10.8. The standard InChI is InChI=1S/C12H19NO2/c1-7(14)11(8(2)15)12-10-5-3-4-9(10)6-13-12/h9-13H,3-6H2,1-2H3. The van der Waals surface area contributed by atoms with Crippen molar-refractivity contribution in [2.45, 2.75) is 39.2 Å². The van der Waals surface area contributed by atoms with Crippen LogP contribution in [0.4, 0.5) is 0 Å². The molecule has 84 valence electrons. The lowest BCUT2D eigenvalue weighted by molar-refractivity contribution is -0.131. The van der Waals surface area contributed by atoms with Crippen molar-refractivity contribution < 1.29 is 9.59 Å². The summed E-state index contributed by atoms with van der Waals surface area (Å²) < 4.78 is 0. The van der Waals surface area contributed by atoms with Gasteiger partial charge in [0.25, 0.3) is 0 Å². The van der Waals surface area contributed by atoms with Crippen molar-refractivity contribution in [1.29, 1.82) is 0 Å². The first-order valence-corrected chi connectivity index (χ1v) is 5.85. The first-order chi connectivity index (χ1) is 7.11. The third-order valence-electron chi connectivity index (χ3n) is 4.03. The Labute approximate surface area is 90.6 Å². The molecule has 2 fully saturated rings. The van der Waals surface area contributed by atoms with E-state index in [0.717, 1.165) is 6.54 Å². The van der Waals surface area contributed by atoms with Gasteiger partial charge in [-0.2, -0.15) is 0 Å². The van der Waals surface area contributed by atoms with Crippen LogP contribution >= 0.6 is 0 Å². The fourth-order valence-electron chi connectivity index (χ4n) is 3.39. The van der Waals surface area contributed by atoms with Crippen LogP contribution in [-0.4, -0.2) is 24.2 Å². The second-order valence-electron chi connectivity index (χ2n) is 4.99. The summed E-state index contributed by atoms with van der Waals surface area (Å²) in [5.74, 6) is 0.900. The molecule has 3 atom stereocenters. The van der Waals surface area contributed by atoms with Crippen LogP contribution in [0.15, 0.2) is 0 Å². The summed E-state index contributed by atoms with van der Waals surface area (Å²) >= 11 is 0. The zero-order valence-electron chi connectivity index (χ0n) is 9.45. The third kappa shape index (κ3) is 1.85. The van der Waals surface area contributed by atoms with Gasteiger partial charge in [-0.05, 0) is 45.1 Å². The van der Waals surface area contributed by atoms with E-state index in [2.05, 4.69) is 5.32 Å². The maximum Gasteiger partial charge on any atom is 0.141 e. The van der Waals surface area contributed by atoms with E-state index in [1.165, 1.54) is 33.1 Å². The molecule has 2 rings (SSSR count). The summed E-state index contributed by atoms with van der Waals surface area (Å²) in [6.45, 7) is 4.07. The molecule has 0 aromatic heterocycles. The highest BCUT2D eigenvalue weighted by molar-refractivity contribution is 6.01. The Bertz CT molecular complexity index is 273. The number of fused-ring (bicyclic) bond motifs is 1. The van der Waals surface area contributed by atoms with Crippen molar-refractivity contribution in [2.24, 2.45) is 17.8 Å². The molecule has 0 amide bonds. The van der Waals surface area contributed by atoms with E-state index >= 15 is 0 Å². The molecule has 0 aromatic rings. The Morgan fingerprint density at radius 2 is 1.87 bits per heavy atom.